The van der Waals surface area contributed by atoms with Crippen molar-refractivity contribution in [3.8, 4) is 17.2 Å². The maximum atomic E-state index is 13.9. The normalized spacial score (nSPS) is 16.6. The molecule has 1 atom stereocenters. The Kier molecular flexibility index (Phi) is 5.49. The summed E-state index contributed by atoms with van der Waals surface area (Å²) in [6, 6.07) is 21.2. The first kappa shape index (κ1) is 22.4. The van der Waals surface area contributed by atoms with Crippen LogP contribution in [0.1, 0.15) is 34.7 Å². The lowest BCUT2D eigenvalue weighted by Crippen LogP contribution is -2.38. The van der Waals surface area contributed by atoms with E-state index < -0.39 is 0 Å². The molecule has 0 fully saturated rings. The predicted octanol–water partition coefficient (Wildman–Crippen LogP) is 4.04. The Hall–Kier alpha value is -4.10. The van der Waals surface area contributed by atoms with Gasteiger partial charge in [0.2, 0.25) is 0 Å². The molecule has 0 radical (unpaired) electrons. The van der Waals surface area contributed by atoms with E-state index >= 15 is 0 Å². The van der Waals surface area contributed by atoms with Gasteiger partial charge in [-0.1, -0.05) is 59.9 Å². The van der Waals surface area contributed by atoms with Crippen LogP contribution in [-0.2, 0) is 6.42 Å². The third-order valence-corrected chi connectivity index (χ3v) is 7.80. The molecule has 0 spiro atoms. The topological polar surface area (TPSA) is 73.1 Å². The highest BCUT2D eigenvalue weighted by atomic mass is 32.1. The summed E-state index contributed by atoms with van der Waals surface area (Å²) in [5.41, 5.74) is 5.82. The average Bonchev–Trinajstić information content (AvgIpc) is 3.22. The number of hydrogen-bond donors (Lipinski definition) is 1. The Morgan fingerprint density at radius 1 is 1.03 bits per heavy atom. The number of para-hydroxylation sites is 1. The van der Waals surface area contributed by atoms with Gasteiger partial charge in [-0.15, -0.1) is 0 Å². The molecule has 1 aliphatic carbocycles. The number of hydrogen-bond acceptors (Lipinski definition) is 6. The molecular weight excluding hydrogens is 472 g/mol. The van der Waals surface area contributed by atoms with E-state index in [9.17, 15) is 9.90 Å². The number of phenolic OH excluding ortho intramolecular Hbond substituents is 1. The van der Waals surface area contributed by atoms with Gasteiger partial charge >= 0.3 is 0 Å². The number of allylic oxidation sites excluding steroid dienone is 1. The number of fused-ring (bicyclic) bond motifs is 3. The third kappa shape index (κ3) is 3.55. The van der Waals surface area contributed by atoms with Crippen LogP contribution in [0.4, 0.5) is 0 Å². The number of ether oxygens (including phenoxy) is 2. The summed E-state index contributed by atoms with van der Waals surface area (Å²) < 4.78 is 13.0. The maximum absolute atomic E-state index is 13.9. The lowest BCUT2D eigenvalue weighted by molar-refractivity contribution is 0.373. The largest absolute Gasteiger partial charge is 0.504 e. The van der Waals surface area contributed by atoms with Crippen LogP contribution in [0.25, 0.3) is 11.8 Å². The van der Waals surface area contributed by atoms with Gasteiger partial charge < -0.3 is 14.6 Å². The zero-order chi connectivity index (χ0) is 24.8. The van der Waals surface area contributed by atoms with Crippen LogP contribution >= 0.6 is 11.3 Å². The first-order valence-corrected chi connectivity index (χ1v) is 12.5. The van der Waals surface area contributed by atoms with E-state index in [4.69, 9.17) is 14.5 Å². The minimum absolute atomic E-state index is 0.00315. The van der Waals surface area contributed by atoms with Gasteiger partial charge in [-0.2, -0.15) is 0 Å². The monoisotopic (exact) mass is 496 g/mol. The summed E-state index contributed by atoms with van der Waals surface area (Å²) in [6.07, 6.45) is 3.42. The van der Waals surface area contributed by atoms with Crippen LogP contribution in [0.5, 0.6) is 17.2 Å². The van der Waals surface area contributed by atoms with Crippen LogP contribution in [0.2, 0.25) is 0 Å². The average molecular weight is 497 g/mol. The van der Waals surface area contributed by atoms with Crippen LogP contribution in [0, 0.1) is 0 Å². The molecule has 7 heteroatoms. The molecule has 4 aromatic rings. The smallest absolute Gasteiger partial charge is 0.271 e. The molecule has 6 rings (SSSR count). The van der Waals surface area contributed by atoms with Crippen LogP contribution in [0.15, 0.2) is 82.1 Å². The summed E-state index contributed by atoms with van der Waals surface area (Å²) in [5, 5.41) is 10.6. The number of methoxy groups -OCH3 is 2. The second kappa shape index (κ2) is 8.84. The Balaban J connectivity index is 1.62. The molecule has 0 saturated heterocycles. The highest BCUT2D eigenvalue weighted by molar-refractivity contribution is 7.07. The van der Waals surface area contributed by atoms with Crippen LogP contribution in [-0.4, -0.2) is 23.9 Å². The molecule has 0 unspecified atom stereocenters. The van der Waals surface area contributed by atoms with Crippen molar-refractivity contribution in [3.05, 3.63) is 114 Å². The SMILES string of the molecule is COc1cccc([C@H]2C3=C(N=c4s/c(=C/c5cccc(OC)c5O)c(=O)n42)c2ccccc2CC3)c1. The summed E-state index contributed by atoms with van der Waals surface area (Å²) in [5.74, 6) is 1.10. The summed E-state index contributed by atoms with van der Waals surface area (Å²) in [4.78, 5) is 19.5. The molecule has 0 amide bonds. The summed E-state index contributed by atoms with van der Waals surface area (Å²) in [6.45, 7) is 0. The Morgan fingerprint density at radius 2 is 1.86 bits per heavy atom. The molecule has 1 aliphatic heterocycles. The lowest BCUT2D eigenvalue weighted by Gasteiger charge is -2.31. The fourth-order valence-electron chi connectivity index (χ4n) is 5.10. The van der Waals surface area contributed by atoms with Crippen molar-refractivity contribution in [1.29, 1.82) is 0 Å². The van der Waals surface area contributed by atoms with Crippen molar-refractivity contribution in [1.82, 2.24) is 4.57 Å². The molecule has 2 heterocycles. The number of aryl methyl sites for hydroxylation is 1. The van der Waals surface area contributed by atoms with Crippen LogP contribution < -0.4 is 24.4 Å². The molecule has 180 valence electrons. The number of aromatic nitrogens is 1. The lowest BCUT2D eigenvalue weighted by atomic mass is 9.83. The molecule has 6 nitrogen and oxygen atoms in total. The molecule has 36 heavy (non-hydrogen) atoms. The van der Waals surface area contributed by atoms with Crippen molar-refractivity contribution in [2.24, 2.45) is 4.99 Å². The Labute approximate surface area is 211 Å². The number of thiazole rings is 1. The number of phenols is 1. The molecule has 1 N–H and O–H groups in total. The molecule has 0 saturated carbocycles. The Bertz CT molecular complexity index is 1710. The van der Waals surface area contributed by atoms with Crippen molar-refractivity contribution in [3.63, 3.8) is 0 Å². The van der Waals surface area contributed by atoms with E-state index in [-0.39, 0.29) is 17.4 Å². The number of nitrogens with zero attached hydrogens (tertiary/aromatic N) is 2. The van der Waals surface area contributed by atoms with E-state index in [0.29, 0.717) is 20.6 Å². The number of rotatable bonds is 4. The van der Waals surface area contributed by atoms with Gasteiger partial charge in [0, 0.05) is 11.1 Å². The Morgan fingerprint density at radius 3 is 2.69 bits per heavy atom. The van der Waals surface area contributed by atoms with Crippen molar-refractivity contribution < 1.29 is 14.6 Å². The number of aromatic hydroxyl groups is 1. The van der Waals surface area contributed by atoms with Crippen molar-refractivity contribution in [2.45, 2.75) is 18.9 Å². The molecule has 2 aliphatic rings. The maximum Gasteiger partial charge on any atom is 0.271 e. The van der Waals surface area contributed by atoms with E-state index in [0.717, 1.165) is 41.0 Å². The van der Waals surface area contributed by atoms with Crippen molar-refractivity contribution in [2.75, 3.05) is 14.2 Å². The third-order valence-electron chi connectivity index (χ3n) is 6.82. The van der Waals surface area contributed by atoms with E-state index in [1.165, 1.54) is 24.0 Å². The zero-order valence-corrected chi connectivity index (χ0v) is 20.7. The van der Waals surface area contributed by atoms with Gasteiger partial charge in [0.1, 0.15) is 5.75 Å². The molecular formula is C29H24N2O4S. The van der Waals surface area contributed by atoms with Gasteiger partial charge in [0.25, 0.3) is 5.56 Å². The fraction of sp³-hybridized carbons (Fsp3) is 0.172. The van der Waals surface area contributed by atoms with Gasteiger partial charge in [-0.05, 0) is 53.8 Å². The quantitative estimate of drug-likeness (QED) is 0.463. The van der Waals surface area contributed by atoms with Crippen LogP contribution in [0.3, 0.4) is 0 Å². The summed E-state index contributed by atoms with van der Waals surface area (Å²) >= 11 is 1.33. The van der Waals surface area contributed by atoms with Gasteiger partial charge in [-0.25, -0.2) is 4.99 Å². The van der Waals surface area contributed by atoms with Gasteiger partial charge in [-0.3, -0.25) is 9.36 Å². The van der Waals surface area contributed by atoms with Gasteiger partial charge in [0.15, 0.2) is 16.3 Å². The van der Waals surface area contributed by atoms with E-state index in [1.807, 2.05) is 30.3 Å². The van der Waals surface area contributed by atoms with E-state index in [1.54, 1.807) is 36.0 Å². The second-order valence-corrected chi connectivity index (χ2v) is 9.80. The molecule has 1 aromatic heterocycles. The highest BCUT2D eigenvalue weighted by Gasteiger charge is 2.32. The number of benzene rings is 3. The zero-order valence-electron chi connectivity index (χ0n) is 19.9. The summed E-state index contributed by atoms with van der Waals surface area (Å²) in [7, 11) is 3.15. The predicted molar refractivity (Wildman–Crippen MR) is 140 cm³/mol. The second-order valence-electron chi connectivity index (χ2n) is 8.79. The minimum Gasteiger partial charge on any atom is -0.504 e. The van der Waals surface area contributed by atoms with Gasteiger partial charge in [0.05, 0.1) is 30.5 Å². The molecule has 0 bridgehead atoms. The van der Waals surface area contributed by atoms with E-state index in [2.05, 4.69) is 18.2 Å². The minimum atomic E-state index is -0.291. The highest BCUT2D eigenvalue weighted by Crippen LogP contribution is 2.41. The standard InChI is InChI=1S/C29H24N2O4S/c1-34-20-10-5-8-18(15-20)26-22-14-13-17-7-3-4-11-21(17)25(22)30-29-31(26)28(33)24(36-29)16-19-9-6-12-23(35-2)27(19)32/h3-12,15-16,26,32H,13-14H2,1-2H3/b24-16+/t26-/m0/s1. The first-order chi connectivity index (χ1) is 17.6. The van der Waals surface area contributed by atoms with Crippen molar-refractivity contribution >= 4 is 23.1 Å². The fourth-order valence-corrected chi connectivity index (χ4v) is 6.09. The first-order valence-electron chi connectivity index (χ1n) is 11.7. The molecule has 3 aromatic carbocycles.